The Morgan fingerprint density at radius 2 is 1.20 bits per heavy atom. The van der Waals surface area contributed by atoms with Gasteiger partial charge in [0.15, 0.2) is 0 Å². The molecule has 0 saturated carbocycles. The van der Waals surface area contributed by atoms with Gasteiger partial charge in [-0.2, -0.15) is 0 Å². The highest BCUT2D eigenvalue weighted by Crippen LogP contribution is 2.28. The van der Waals surface area contributed by atoms with Gasteiger partial charge in [0.05, 0.1) is 0 Å². The molecule has 50 valence electrons. The predicted molar refractivity (Wildman–Crippen MR) is 35.3 cm³/mol. The van der Waals surface area contributed by atoms with E-state index < -0.39 is 0 Å². The molecule has 0 aliphatic heterocycles. The molecule has 0 radical (unpaired) electrons. The third-order valence-corrected chi connectivity index (χ3v) is 1.60. The number of rotatable bonds is 0. The van der Waals surface area contributed by atoms with Gasteiger partial charge in [-0.05, 0) is 12.1 Å². The Morgan fingerprint density at radius 1 is 0.800 bits per heavy atom. The smallest absolute Gasteiger partial charge is 0.131 e. The molecular formula is C8H4F2. The van der Waals surface area contributed by atoms with E-state index in [4.69, 9.17) is 0 Å². The summed E-state index contributed by atoms with van der Waals surface area (Å²) in [5, 5.41) is 0. The molecule has 10 heavy (non-hydrogen) atoms. The lowest BCUT2D eigenvalue weighted by Gasteiger charge is -2.10. The van der Waals surface area contributed by atoms with Crippen molar-refractivity contribution < 1.29 is 8.78 Å². The first kappa shape index (κ1) is 5.59. The fourth-order valence-corrected chi connectivity index (χ4v) is 0.992. The summed E-state index contributed by atoms with van der Waals surface area (Å²) >= 11 is 0. The fraction of sp³-hybridized carbons (Fsp3) is 0. The van der Waals surface area contributed by atoms with Crippen molar-refractivity contribution in [3.63, 3.8) is 0 Å². The van der Waals surface area contributed by atoms with Gasteiger partial charge >= 0.3 is 0 Å². The minimum absolute atomic E-state index is 0.348. The predicted octanol–water partition coefficient (Wildman–Crippen LogP) is 2.45. The summed E-state index contributed by atoms with van der Waals surface area (Å²) in [5.41, 5.74) is 0.778. The number of fused-ring (bicyclic) bond motifs is 1. The molecule has 1 aromatic rings. The number of halogens is 2. The molecular weight excluding hydrogens is 134 g/mol. The molecule has 0 amide bonds. The van der Waals surface area contributed by atoms with Gasteiger partial charge in [0.2, 0.25) is 0 Å². The van der Waals surface area contributed by atoms with E-state index in [0.29, 0.717) is 11.1 Å². The zero-order chi connectivity index (χ0) is 7.14. The van der Waals surface area contributed by atoms with Crippen LogP contribution in [-0.4, -0.2) is 0 Å². The highest BCUT2D eigenvalue weighted by Gasteiger charge is 2.14. The zero-order valence-corrected chi connectivity index (χ0v) is 5.07. The van der Waals surface area contributed by atoms with Crippen LogP contribution >= 0.6 is 0 Å². The molecule has 0 nitrogen and oxygen atoms in total. The average molecular weight is 138 g/mol. The zero-order valence-electron chi connectivity index (χ0n) is 5.07. The maximum Gasteiger partial charge on any atom is 0.131 e. The van der Waals surface area contributed by atoms with Crippen molar-refractivity contribution in [1.29, 1.82) is 0 Å². The molecule has 0 spiro atoms. The van der Waals surface area contributed by atoms with Gasteiger partial charge in [-0.15, -0.1) is 0 Å². The summed E-state index contributed by atoms with van der Waals surface area (Å²) in [5.74, 6) is -0.696. The average Bonchev–Trinajstić information content (AvgIpc) is 1.78. The van der Waals surface area contributed by atoms with Crippen molar-refractivity contribution in [2.45, 2.75) is 0 Å². The van der Waals surface area contributed by atoms with Crippen LogP contribution in [0.25, 0.3) is 12.2 Å². The monoisotopic (exact) mass is 138 g/mol. The van der Waals surface area contributed by atoms with Gasteiger partial charge in [-0.25, -0.2) is 8.78 Å². The van der Waals surface area contributed by atoms with E-state index in [1.165, 1.54) is 0 Å². The molecule has 2 heteroatoms. The van der Waals surface area contributed by atoms with Crippen LogP contribution in [0.3, 0.4) is 0 Å². The first-order valence-electron chi connectivity index (χ1n) is 2.95. The minimum atomic E-state index is -0.348. The first-order chi connectivity index (χ1) is 4.79. The molecule has 0 aromatic heterocycles. The molecule has 0 N–H and O–H groups in total. The Morgan fingerprint density at radius 3 is 1.50 bits per heavy atom. The molecule has 0 bridgehead atoms. The lowest BCUT2D eigenvalue weighted by molar-refractivity contribution is 0.593. The highest BCUT2D eigenvalue weighted by atomic mass is 19.1. The van der Waals surface area contributed by atoms with E-state index in [1.807, 2.05) is 0 Å². The normalized spacial score (nSPS) is 12.6. The molecule has 1 aliphatic carbocycles. The second kappa shape index (κ2) is 1.66. The molecule has 0 heterocycles. The quantitative estimate of drug-likeness (QED) is 0.524. The van der Waals surface area contributed by atoms with E-state index >= 15 is 0 Å². The van der Waals surface area contributed by atoms with Crippen LogP contribution in [0, 0.1) is 11.6 Å². The molecule has 1 aliphatic rings. The highest BCUT2D eigenvalue weighted by molar-refractivity contribution is 5.85. The Bertz CT molecular complexity index is 282. The summed E-state index contributed by atoms with van der Waals surface area (Å²) in [6.07, 6.45) is 3.13. The summed E-state index contributed by atoms with van der Waals surface area (Å²) in [7, 11) is 0. The molecule has 0 unspecified atom stereocenters. The number of hydrogen-bond acceptors (Lipinski definition) is 0. The van der Waals surface area contributed by atoms with Gasteiger partial charge in [-0.1, -0.05) is 12.2 Å². The van der Waals surface area contributed by atoms with Crippen LogP contribution in [0.4, 0.5) is 8.78 Å². The summed E-state index contributed by atoms with van der Waals surface area (Å²) in [6.45, 7) is 0. The van der Waals surface area contributed by atoms with Crippen LogP contribution in [-0.2, 0) is 0 Å². The van der Waals surface area contributed by atoms with Crippen LogP contribution < -0.4 is 0 Å². The van der Waals surface area contributed by atoms with Crippen LogP contribution in [0.5, 0.6) is 0 Å². The fourth-order valence-electron chi connectivity index (χ4n) is 0.992. The van der Waals surface area contributed by atoms with Gasteiger partial charge in [0, 0.05) is 11.1 Å². The SMILES string of the molecule is Fc1ccc(F)c2c1C=C2. The van der Waals surface area contributed by atoms with Crippen molar-refractivity contribution in [3.05, 3.63) is 34.9 Å². The van der Waals surface area contributed by atoms with Crippen LogP contribution in [0.1, 0.15) is 11.1 Å². The summed E-state index contributed by atoms with van der Waals surface area (Å²) in [4.78, 5) is 0. The van der Waals surface area contributed by atoms with Gasteiger partial charge < -0.3 is 0 Å². The maximum absolute atomic E-state index is 12.6. The third-order valence-electron chi connectivity index (χ3n) is 1.60. The third kappa shape index (κ3) is 0.533. The van der Waals surface area contributed by atoms with Crippen molar-refractivity contribution >= 4 is 12.2 Å². The van der Waals surface area contributed by atoms with Gasteiger partial charge in [-0.3, -0.25) is 0 Å². The lowest BCUT2D eigenvalue weighted by atomic mass is 9.97. The van der Waals surface area contributed by atoms with Crippen molar-refractivity contribution in [1.82, 2.24) is 0 Å². The van der Waals surface area contributed by atoms with Crippen molar-refractivity contribution in [3.8, 4) is 0 Å². The van der Waals surface area contributed by atoms with E-state index in [1.54, 1.807) is 12.2 Å². The number of hydrogen-bond donors (Lipinski definition) is 0. The van der Waals surface area contributed by atoms with E-state index in [2.05, 4.69) is 0 Å². The van der Waals surface area contributed by atoms with Crippen molar-refractivity contribution in [2.75, 3.05) is 0 Å². The number of benzene rings is 1. The van der Waals surface area contributed by atoms with E-state index in [9.17, 15) is 8.78 Å². The Hall–Kier alpha value is -1.18. The standard InChI is InChI=1S/C8H4F2/c9-7-3-4-8(10)6-2-1-5(6)7/h1-4H. The van der Waals surface area contributed by atoms with Crippen LogP contribution in [0.15, 0.2) is 12.1 Å². The maximum atomic E-state index is 12.6. The Balaban J connectivity index is 2.72. The minimum Gasteiger partial charge on any atom is -0.206 e. The van der Waals surface area contributed by atoms with Crippen LogP contribution in [0.2, 0.25) is 0 Å². The summed E-state index contributed by atoms with van der Waals surface area (Å²) in [6, 6.07) is 2.27. The first-order valence-corrected chi connectivity index (χ1v) is 2.95. The Kier molecular flexibility index (Phi) is 0.926. The van der Waals surface area contributed by atoms with Gasteiger partial charge in [0.25, 0.3) is 0 Å². The van der Waals surface area contributed by atoms with E-state index in [-0.39, 0.29) is 11.6 Å². The molecule has 0 fully saturated rings. The molecule has 1 aromatic carbocycles. The van der Waals surface area contributed by atoms with Crippen molar-refractivity contribution in [2.24, 2.45) is 0 Å². The van der Waals surface area contributed by atoms with Gasteiger partial charge in [0.1, 0.15) is 11.6 Å². The second-order valence-corrected chi connectivity index (χ2v) is 2.19. The topological polar surface area (TPSA) is 0 Å². The largest absolute Gasteiger partial charge is 0.206 e. The summed E-state index contributed by atoms with van der Waals surface area (Å²) < 4.78 is 25.2. The lowest BCUT2D eigenvalue weighted by Crippen LogP contribution is -1.97. The van der Waals surface area contributed by atoms with E-state index in [0.717, 1.165) is 12.1 Å². The molecule has 2 rings (SSSR count). The second-order valence-electron chi connectivity index (χ2n) is 2.19. The Labute approximate surface area is 56.8 Å². The molecule has 0 saturated heterocycles. The molecule has 0 atom stereocenters.